The Bertz CT molecular complexity index is 651. The van der Waals surface area contributed by atoms with Crippen LogP contribution in [0.3, 0.4) is 0 Å². The van der Waals surface area contributed by atoms with Crippen LogP contribution >= 0.6 is 12.2 Å². The molecular formula is C19H26FN3O2S. The molecule has 3 N–H and O–H groups in total. The zero-order valence-corrected chi connectivity index (χ0v) is 16.0. The van der Waals surface area contributed by atoms with Gasteiger partial charge in [0.1, 0.15) is 5.82 Å². The molecule has 0 saturated heterocycles. The molecule has 2 rings (SSSR count). The summed E-state index contributed by atoms with van der Waals surface area (Å²) in [6.07, 6.45) is 3.55. The highest BCUT2D eigenvalue weighted by atomic mass is 32.1. The fourth-order valence-corrected chi connectivity index (χ4v) is 3.39. The van der Waals surface area contributed by atoms with E-state index >= 15 is 0 Å². The second-order valence-corrected chi connectivity index (χ2v) is 7.36. The summed E-state index contributed by atoms with van der Waals surface area (Å²) >= 11 is 5.23. The lowest BCUT2D eigenvalue weighted by molar-refractivity contribution is -0.121. The third-order valence-electron chi connectivity index (χ3n) is 5.08. The predicted octanol–water partition coefficient (Wildman–Crippen LogP) is 3.11. The van der Waals surface area contributed by atoms with Crippen molar-refractivity contribution in [3.8, 4) is 0 Å². The molecular weight excluding hydrogens is 353 g/mol. The van der Waals surface area contributed by atoms with Crippen molar-refractivity contribution >= 4 is 29.0 Å². The number of thiocarbonyl (C=S) groups is 1. The third-order valence-corrected chi connectivity index (χ3v) is 5.30. The first-order valence-corrected chi connectivity index (χ1v) is 9.41. The maximum atomic E-state index is 12.9. The van der Waals surface area contributed by atoms with E-state index in [1.54, 1.807) is 0 Å². The van der Waals surface area contributed by atoms with Crippen molar-refractivity contribution in [2.45, 2.75) is 52.0 Å². The quantitative estimate of drug-likeness (QED) is 0.417. The first kappa shape index (κ1) is 20.3. The molecule has 26 heavy (non-hydrogen) atoms. The fourth-order valence-electron chi connectivity index (χ4n) is 3.19. The highest BCUT2D eigenvalue weighted by Gasteiger charge is 2.27. The van der Waals surface area contributed by atoms with Crippen LogP contribution in [0.15, 0.2) is 24.3 Å². The summed E-state index contributed by atoms with van der Waals surface area (Å²) in [6.45, 7) is 4.46. The topological polar surface area (TPSA) is 70.2 Å². The van der Waals surface area contributed by atoms with Crippen LogP contribution in [0, 0.1) is 17.7 Å². The molecule has 1 saturated carbocycles. The Morgan fingerprint density at radius 1 is 1.12 bits per heavy atom. The van der Waals surface area contributed by atoms with Gasteiger partial charge in [0, 0.05) is 24.4 Å². The van der Waals surface area contributed by atoms with Crippen LogP contribution in [0.2, 0.25) is 0 Å². The molecule has 1 aliphatic rings. The lowest BCUT2D eigenvalue weighted by atomic mass is 9.78. The average molecular weight is 380 g/mol. The number of halogens is 1. The molecule has 5 nitrogen and oxygen atoms in total. The van der Waals surface area contributed by atoms with Gasteiger partial charge in [-0.25, -0.2) is 4.39 Å². The summed E-state index contributed by atoms with van der Waals surface area (Å²) in [5.41, 5.74) is 5.60. The highest BCUT2D eigenvalue weighted by Crippen LogP contribution is 2.29. The second-order valence-electron chi connectivity index (χ2n) is 6.95. The van der Waals surface area contributed by atoms with Crippen LogP contribution in [0.5, 0.6) is 0 Å². The summed E-state index contributed by atoms with van der Waals surface area (Å²) in [5, 5.41) is 3.64. The van der Waals surface area contributed by atoms with Crippen molar-refractivity contribution in [2.75, 3.05) is 0 Å². The minimum absolute atomic E-state index is 0.0304. The van der Waals surface area contributed by atoms with E-state index in [9.17, 15) is 14.0 Å². The van der Waals surface area contributed by atoms with Gasteiger partial charge < -0.3 is 5.32 Å². The standard InChI is InChI=1S/C19H26FN3O2S/c1-12-4-3-5-16(13(12)2)21-19(26)23-22-18(25)11-10-17(24)14-6-8-15(20)9-7-14/h6-9,12-13,16H,3-5,10-11H2,1-2H3,(H,22,25)(H2,21,23,26)/t12-,13+,16-/m0/s1. The SMILES string of the molecule is C[C@H]1[C@@H](NC(=S)NNC(=O)CCC(=O)c2ccc(F)cc2)CCC[C@@H]1C. The summed E-state index contributed by atoms with van der Waals surface area (Å²) < 4.78 is 12.9. The minimum Gasteiger partial charge on any atom is -0.358 e. The largest absolute Gasteiger partial charge is 0.358 e. The van der Waals surface area contributed by atoms with E-state index in [4.69, 9.17) is 12.2 Å². The van der Waals surface area contributed by atoms with E-state index in [0.717, 1.165) is 6.42 Å². The number of nitrogens with one attached hydrogen (secondary N) is 3. The number of hydrogen-bond donors (Lipinski definition) is 3. The van der Waals surface area contributed by atoms with Crippen LogP contribution in [0.25, 0.3) is 0 Å². The van der Waals surface area contributed by atoms with Gasteiger partial charge in [-0.2, -0.15) is 0 Å². The average Bonchev–Trinajstić information content (AvgIpc) is 2.62. The van der Waals surface area contributed by atoms with E-state index in [-0.39, 0.29) is 24.5 Å². The molecule has 0 heterocycles. The van der Waals surface area contributed by atoms with Crippen LogP contribution < -0.4 is 16.2 Å². The van der Waals surface area contributed by atoms with E-state index in [1.165, 1.54) is 37.1 Å². The second kappa shape index (κ2) is 9.62. The zero-order chi connectivity index (χ0) is 19.1. The number of ketones is 1. The van der Waals surface area contributed by atoms with Gasteiger partial charge in [0.15, 0.2) is 10.9 Å². The van der Waals surface area contributed by atoms with Gasteiger partial charge in [0.25, 0.3) is 0 Å². The van der Waals surface area contributed by atoms with Crippen LogP contribution in [-0.2, 0) is 4.79 Å². The summed E-state index contributed by atoms with van der Waals surface area (Å²) in [5.74, 6) is 0.246. The van der Waals surface area contributed by atoms with E-state index < -0.39 is 5.82 Å². The number of rotatable bonds is 5. The molecule has 7 heteroatoms. The molecule has 3 atom stereocenters. The Morgan fingerprint density at radius 3 is 2.50 bits per heavy atom. The molecule has 0 radical (unpaired) electrons. The van der Waals surface area contributed by atoms with Crippen molar-refractivity contribution in [1.29, 1.82) is 0 Å². The lowest BCUT2D eigenvalue weighted by Gasteiger charge is -2.35. The molecule has 142 valence electrons. The molecule has 0 unspecified atom stereocenters. The molecule has 0 bridgehead atoms. The zero-order valence-electron chi connectivity index (χ0n) is 15.2. The Labute approximate surface area is 159 Å². The normalized spacial score (nSPS) is 22.3. The van der Waals surface area contributed by atoms with Gasteiger partial charge in [-0.3, -0.25) is 20.4 Å². The molecule has 1 aromatic carbocycles. The molecule has 1 amide bonds. The molecule has 0 spiro atoms. The van der Waals surface area contributed by atoms with Crippen LogP contribution in [0.4, 0.5) is 4.39 Å². The van der Waals surface area contributed by atoms with Gasteiger partial charge >= 0.3 is 0 Å². The maximum Gasteiger partial charge on any atom is 0.238 e. The smallest absolute Gasteiger partial charge is 0.238 e. The number of hydrogen-bond acceptors (Lipinski definition) is 3. The first-order valence-electron chi connectivity index (χ1n) is 9.01. The lowest BCUT2D eigenvalue weighted by Crippen LogP contribution is -2.52. The highest BCUT2D eigenvalue weighted by molar-refractivity contribution is 7.80. The van der Waals surface area contributed by atoms with E-state index in [2.05, 4.69) is 30.0 Å². The van der Waals surface area contributed by atoms with Crippen molar-refractivity contribution < 1.29 is 14.0 Å². The minimum atomic E-state index is -0.397. The number of Topliss-reactive ketones (excluding diaryl/α,β-unsaturated/α-hetero) is 1. The monoisotopic (exact) mass is 379 g/mol. The summed E-state index contributed by atoms with van der Waals surface area (Å²) in [6, 6.07) is 5.59. The fraction of sp³-hybridized carbons (Fsp3) is 0.526. The maximum absolute atomic E-state index is 12.9. The van der Waals surface area contributed by atoms with Crippen LogP contribution in [-0.4, -0.2) is 22.8 Å². The number of benzene rings is 1. The molecule has 1 fully saturated rings. The Morgan fingerprint density at radius 2 is 1.81 bits per heavy atom. The van der Waals surface area contributed by atoms with Gasteiger partial charge in [-0.1, -0.05) is 26.7 Å². The summed E-state index contributed by atoms with van der Waals surface area (Å²) in [7, 11) is 0. The van der Waals surface area contributed by atoms with E-state index in [0.29, 0.717) is 28.6 Å². The van der Waals surface area contributed by atoms with Gasteiger partial charge in [-0.15, -0.1) is 0 Å². The molecule has 1 aliphatic carbocycles. The molecule has 0 aromatic heterocycles. The Kier molecular flexibility index (Phi) is 7.50. The van der Waals surface area contributed by atoms with Crippen molar-refractivity contribution in [3.05, 3.63) is 35.6 Å². The number of carbonyl (C=O) groups excluding carboxylic acids is 2. The van der Waals surface area contributed by atoms with Gasteiger partial charge in [0.2, 0.25) is 5.91 Å². The molecule has 0 aliphatic heterocycles. The number of amides is 1. The number of carbonyl (C=O) groups is 2. The summed E-state index contributed by atoms with van der Waals surface area (Å²) in [4.78, 5) is 23.8. The Balaban J connectivity index is 1.68. The first-order chi connectivity index (χ1) is 12.4. The van der Waals surface area contributed by atoms with Gasteiger partial charge in [-0.05, 0) is 54.7 Å². The van der Waals surface area contributed by atoms with Crippen molar-refractivity contribution in [3.63, 3.8) is 0 Å². The third kappa shape index (κ3) is 6.05. The van der Waals surface area contributed by atoms with Gasteiger partial charge in [0.05, 0.1) is 0 Å². The van der Waals surface area contributed by atoms with Crippen molar-refractivity contribution in [1.82, 2.24) is 16.2 Å². The van der Waals surface area contributed by atoms with Crippen molar-refractivity contribution in [2.24, 2.45) is 11.8 Å². The Hall–Kier alpha value is -2.02. The number of hydrazine groups is 1. The predicted molar refractivity (Wildman–Crippen MR) is 103 cm³/mol. The molecule has 1 aromatic rings. The van der Waals surface area contributed by atoms with Crippen LogP contribution in [0.1, 0.15) is 56.3 Å². The van der Waals surface area contributed by atoms with E-state index in [1.807, 2.05) is 0 Å².